The van der Waals surface area contributed by atoms with Crippen LogP contribution in [0, 0.1) is 5.41 Å². The number of carbonyl (C=O) groups excluding carboxylic acids is 2. The number of amides is 2. The molecular formula is C16H28N2O3. The van der Waals surface area contributed by atoms with Crippen LogP contribution in [-0.4, -0.2) is 47.6 Å². The number of carbonyl (C=O) groups is 2. The molecule has 2 heterocycles. The smallest absolute Gasteiger partial charge is 0.245 e. The van der Waals surface area contributed by atoms with Crippen LogP contribution in [0.4, 0.5) is 0 Å². The summed E-state index contributed by atoms with van der Waals surface area (Å²) in [7, 11) is 0. The van der Waals surface area contributed by atoms with Crippen LogP contribution in [0.5, 0.6) is 0 Å². The summed E-state index contributed by atoms with van der Waals surface area (Å²) in [5.41, 5.74) is -0.387. The molecule has 2 rings (SSSR count). The zero-order valence-electron chi connectivity index (χ0n) is 13.9. The van der Waals surface area contributed by atoms with E-state index in [1.54, 1.807) is 4.90 Å². The van der Waals surface area contributed by atoms with Crippen LogP contribution < -0.4 is 5.32 Å². The normalized spacial score (nSPS) is 30.2. The second kappa shape index (κ2) is 5.59. The standard InChI is InChI=1S/C16H28N2O3/c1-15(2,3)13-14(20)18(9-7-12(19)17-13)10-11-6-8-16(4,5)21-11/h11,13H,6-10H2,1-5H3,(H,17,19). The lowest BCUT2D eigenvalue weighted by Gasteiger charge is -2.33. The lowest BCUT2D eigenvalue weighted by atomic mass is 9.86. The molecule has 0 aromatic heterocycles. The number of hydrogen-bond acceptors (Lipinski definition) is 3. The van der Waals surface area contributed by atoms with E-state index in [-0.39, 0.29) is 28.9 Å². The highest BCUT2D eigenvalue weighted by Crippen LogP contribution is 2.30. The quantitative estimate of drug-likeness (QED) is 0.844. The van der Waals surface area contributed by atoms with E-state index in [1.165, 1.54) is 0 Å². The molecule has 2 atom stereocenters. The summed E-state index contributed by atoms with van der Waals surface area (Å²) >= 11 is 0. The van der Waals surface area contributed by atoms with Crippen molar-refractivity contribution in [1.29, 1.82) is 0 Å². The SMILES string of the molecule is CC1(C)CCC(CN2CCC(=O)NC(C(C)(C)C)C2=O)O1. The third-order valence-corrected chi connectivity index (χ3v) is 4.32. The Morgan fingerprint density at radius 3 is 2.52 bits per heavy atom. The van der Waals surface area contributed by atoms with E-state index in [2.05, 4.69) is 19.2 Å². The Balaban J connectivity index is 2.08. The maximum absolute atomic E-state index is 12.7. The summed E-state index contributed by atoms with van der Waals surface area (Å²) in [6.45, 7) is 11.2. The second-order valence-corrected chi connectivity index (χ2v) is 7.94. The summed E-state index contributed by atoms with van der Waals surface area (Å²) in [6.07, 6.45) is 2.43. The highest BCUT2D eigenvalue weighted by atomic mass is 16.5. The van der Waals surface area contributed by atoms with Gasteiger partial charge in [-0.05, 0) is 32.1 Å². The van der Waals surface area contributed by atoms with Crippen molar-refractivity contribution in [3.63, 3.8) is 0 Å². The van der Waals surface area contributed by atoms with Gasteiger partial charge in [-0.3, -0.25) is 9.59 Å². The first kappa shape index (κ1) is 16.3. The number of hydrogen-bond donors (Lipinski definition) is 1. The Morgan fingerprint density at radius 2 is 2.00 bits per heavy atom. The number of nitrogens with one attached hydrogen (secondary N) is 1. The molecule has 0 spiro atoms. The summed E-state index contributed by atoms with van der Waals surface area (Å²) < 4.78 is 5.99. The van der Waals surface area contributed by atoms with Gasteiger partial charge in [0.1, 0.15) is 6.04 Å². The van der Waals surface area contributed by atoms with E-state index in [1.807, 2.05) is 20.8 Å². The van der Waals surface area contributed by atoms with Crippen molar-refractivity contribution in [2.45, 2.75) is 71.6 Å². The number of ether oxygens (including phenoxy) is 1. The number of rotatable bonds is 2. The van der Waals surface area contributed by atoms with Crippen molar-refractivity contribution in [3.8, 4) is 0 Å². The molecule has 0 aromatic carbocycles. The van der Waals surface area contributed by atoms with Gasteiger partial charge in [0.2, 0.25) is 11.8 Å². The predicted octanol–water partition coefficient (Wildman–Crippen LogP) is 1.71. The van der Waals surface area contributed by atoms with Gasteiger partial charge >= 0.3 is 0 Å². The van der Waals surface area contributed by atoms with Crippen LogP contribution in [0.15, 0.2) is 0 Å². The van der Waals surface area contributed by atoms with Crippen molar-refractivity contribution >= 4 is 11.8 Å². The molecule has 5 heteroatoms. The fraction of sp³-hybridized carbons (Fsp3) is 0.875. The molecule has 21 heavy (non-hydrogen) atoms. The van der Waals surface area contributed by atoms with E-state index in [0.717, 1.165) is 12.8 Å². The van der Waals surface area contributed by atoms with Crippen molar-refractivity contribution in [1.82, 2.24) is 10.2 Å². The van der Waals surface area contributed by atoms with E-state index < -0.39 is 6.04 Å². The molecule has 5 nitrogen and oxygen atoms in total. The monoisotopic (exact) mass is 296 g/mol. The molecule has 2 fully saturated rings. The minimum Gasteiger partial charge on any atom is -0.371 e. The van der Waals surface area contributed by atoms with Gasteiger partial charge in [0, 0.05) is 19.5 Å². The summed E-state index contributed by atoms with van der Waals surface area (Å²) in [4.78, 5) is 26.4. The van der Waals surface area contributed by atoms with Crippen LogP contribution in [-0.2, 0) is 14.3 Å². The molecular weight excluding hydrogens is 268 g/mol. The van der Waals surface area contributed by atoms with Gasteiger partial charge in [-0.25, -0.2) is 0 Å². The lowest BCUT2D eigenvalue weighted by molar-refractivity contribution is -0.138. The second-order valence-electron chi connectivity index (χ2n) is 7.94. The highest BCUT2D eigenvalue weighted by Gasteiger charge is 2.40. The van der Waals surface area contributed by atoms with Gasteiger partial charge in [0.25, 0.3) is 0 Å². The van der Waals surface area contributed by atoms with Crippen LogP contribution >= 0.6 is 0 Å². The van der Waals surface area contributed by atoms with Crippen LogP contribution in [0.2, 0.25) is 0 Å². The average Bonchev–Trinajstić information content (AvgIpc) is 2.61. The molecule has 2 unspecified atom stereocenters. The van der Waals surface area contributed by atoms with Crippen LogP contribution in [0.25, 0.3) is 0 Å². The molecule has 120 valence electrons. The van der Waals surface area contributed by atoms with Crippen molar-refractivity contribution in [3.05, 3.63) is 0 Å². The molecule has 1 N–H and O–H groups in total. The molecule has 0 saturated carbocycles. The van der Waals surface area contributed by atoms with Crippen molar-refractivity contribution in [2.75, 3.05) is 13.1 Å². The predicted molar refractivity (Wildman–Crippen MR) is 80.8 cm³/mol. The molecule has 0 aromatic rings. The van der Waals surface area contributed by atoms with Crippen LogP contribution in [0.3, 0.4) is 0 Å². The third-order valence-electron chi connectivity index (χ3n) is 4.32. The Kier molecular flexibility index (Phi) is 4.34. The van der Waals surface area contributed by atoms with Gasteiger partial charge in [0.05, 0.1) is 11.7 Å². The lowest BCUT2D eigenvalue weighted by Crippen LogP contribution is -2.53. The summed E-state index contributed by atoms with van der Waals surface area (Å²) in [5, 5.41) is 2.87. The van der Waals surface area contributed by atoms with E-state index >= 15 is 0 Å². The fourth-order valence-electron chi connectivity index (χ4n) is 3.04. The van der Waals surface area contributed by atoms with E-state index in [9.17, 15) is 9.59 Å². The van der Waals surface area contributed by atoms with Gasteiger partial charge in [-0.1, -0.05) is 20.8 Å². The van der Waals surface area contributed by atoms with Gasteiger partial charge in [-0.15, -0.1) is 0 Å². The first-order valence-electron chi connectivity index (χ1n) is 7.84. The van der Waals surface area contributed by atoms with E-state index in [0.29, 0.717) is 19.5 Å². The van der Waals surface area contributed by atoms with Gasteiger partial charge < -0.3 is 15.0 Å². The molecule has 0 bridgehead atoms. The average molecular weight is 296 g/mol. The highest BCUT2D eigenvalue weighted by molar-refractivity contribution is 5.90. The van der Waals surface area contributed by atoms with E-state index in [4.69, 9.17) is 4.74 Å². The first-order valence-corrected chi connectivity index (χ1v) is 7.84. The molecule has 0 radical (unpaired) electrons. The maximum Gasteiger partial charge on any atom is 0.245 e. The topological polar surface area (TPSA) is 58.6 Å². The molecule has 2 amide bonds. The zero-order chi connectivity index (χ0) is 15.8. The third kappa shape index (κ3) is 3.96. The molecule has 2 aliphatic heterocycles. The summed E-state index contributed by atoms with van der Waals surface area (Å²) in [5.74, 6) is -0.0277. The van der Waals surface area contributed by atoms with Gasteiger partial charge in [0.15, 0.2) is 0 Å². The van der Waals surface area contributed by atoms with Crippen molar-refractivity contribution in [2.24, 2.45) is 5.41 Å². The van der Waals surface area contributed by atoms with Gasteiger partial charge in [-0.2, -0.15) is 0 Å². The Morgan fingerprint density at radius 1 is 1.33 bits per heavy atom. The molecule has 0 aliphatic carbocycles. The minimum absolute atomic E-state index is 0.0154. The molecule has 2 saturated heterocycles. The molecule has 2 aliphatic rings. The largest absolute Gasteiger partial charge is 0.371 e. The number of nitrogens with zero attached hydrogens (tertiary/aromatic N) is 1. The first-order chi connectivity index (χ1) is 9.58. The Bertz CT molecular complexity index is 426. The van der Waals surface area contributed by atoms with Crippen molar-refractivity contribution < 1.29 is 14.3 Å². The summed E-state index contributed by atoms with van der Waals surface area (Å²) in [6, 6.07) is -0.457. The zero-order valence-corrected chi connectivity index (χ0v) is 13.9. The maximum atomic E-state index is 12.7. The van der Waals surface area contributed by atoms with Crippen LogP contribution in [0.1, 0.15) is 53.9 Å². The fourth-order valence-corrected chi connectivity index (χ4v) is 3.04. The Hall–Kier alpha value is -1.10. The Labute approximate surface area is 127 Å². The minimum atomic E-state index is -0.457.